The summed E-state index contributed by atoms with van der Waals surface area (Å²) in [5.41, 5.74) is -0.0598. The molecule has 84 valence electrons. The van der Waals surface area contributed by atoms with Gasteiger partial charge in [0.1, 0.15) is 10.6 Å². The van der Waals surface area contributed by atoms with Crippen LogP contribution in [-0.4, -0.2) is 42.5 Å². The highest BCUT2D eigenvalue weighted by atomic mass is 32.2. The minimum atomic E-state index is -3.56. The van der Waals surface area contributed by atoms with Crippen molar-refractivity contribution in [3.8, 4) is 0 Å². The van der Waals surface area contributed by atoms with Gasteiger partial charge in [-0.1, -0.05) is 0 Å². The zero-order chi connectivity index (χ0) is 11.8. The van der Waals surface area contributed by atoms with Gasteiger partial charge in [-0.3, -0.25) is 0 Å². The fourth-order valence-corrected chi connectivity index (χ4v) is 2.07. The minimum absolute atomic E-state index is 0.0209. The fraction of sp³-hybridized carbons (Fsp3) is 0.375. The van der Waals surface area contributed by atoms with E-state index in [1.54, 1.807) is 0 Å². The number of aromatic nitrogens is 1. The van der Waals surface area contributed by atoms with E-state index in [0.29, 0.717) is 0 Å². The first-order valence-corrected chi connectivity index (χ1v) is 5.53. The molecule has 0 radical (unpaired) electrons. The Hall–Kier alpha value is -1.34. The van der Waals surface area contributed by atoms with E-state index in [4.69, 9.17) is 5.11 Å². The molecule has 1 heterocycles. The van der Waals surface area contributed by atoms with Crippen LogP contribution in [-0.2, 0) is 17.1 Å². The van der Waals surface area contributed by atoms with Crippen molar-refractivity contribution in [1.29, 1.82) is 0 Å². The maximum Gasteiger partial charge on any atom is 0.352 e. The van der Waals surface area contributed by atoms with Crippen LogP contribution in [0.1, 0.15) is 10.5 Å². The maximum atomic E-state index is 11.6. The zero-order valence-corrected chi connectivity index (χ0v) is 9.45. The molecule has 0 fully saturated rings. The Morgan fingerprint density at radius 3 is 2.33 bits per heavy atom. The van der Waals surface area contributed by atoms with E-state index in [-0.39, 0.29) is 10.6 Å². The predicted octanol–water partition coefficient (Wildman–Crippen LogP) is -0.0264. The Morgan fingerprint density at radius 1 is 1.47 bits per heavy atom. The van der Waals surface area contributed by atoms with Crippen molar-refractivity contribution in [2.75, 3.05) is 14.1 Å². The van der Waals surface area contributed by atoms with Gasteiger partial charge < -0.3 is 9.67 Å². The number of aromatic carboxylic acids is 1. The number of aryl methyl sites for hydroxylation is 1. The highest BCUT2D eigenvalue weighted by molar-refractivity contribution is 7.89. The molecule has 1 rings (SSSR count). The third kappa shape index (κ3) is 2.02. The van der Waals surface area contributed by atoms with Crippen LogP contribution >= 0.6 is 0 Å². The van der Waals surface area contributed by atoms with Crippen molar-refractivity contribution in [2.45, 2.75) is 4.90 Å². The van der Waals surface area contributed by atoms with Crippen LogP contribution in [0.15, 0.2) is 17.2 Å². The van der Waals surface area contributed by atoms with Crippen LogP contribution in [0.25, 0.3) is 0 Å². The van der Waals surface area contributed by atoms with Gasteiger partial charge >= 0.3 is 5.97 Å². The Morgan fingerprint density at radius 2 is 2.00 bits per heavy atom. The van der Waals surface area contributed by atoms with Gasteiger partial charge in [-0.05, 0) is 6.07 Å². The van der Waals surface area contributed by atoms with E-state index < -0.39 is 16.0 Å². The van der Waals surface area contributed by atoms with E-state index in [1.165, 1.54) is 31.9 Å². The summed E-state index contributed by atoms with van der Waals surface area (Å²) >= 11 is 0. The van der Waals surface area contributed by atoms with Crippen molar-refractivity contribution in [3.63, 3.8) is 0 Å². The van der Waals surface area contributed by atoms with Gasteiger partial charge in [-0.15, -0.1) is 0 Å². The molecule has 0 aromatic carbocycles. The standard InChI is InChI=1S/C8H12N2O4S/c1-9(2)15(13,14)6-4-7(8(11)12)10(3)5-6/h4-5H,1-3H3,(H,11,12). The summed E-state index contributed by atoms with van der Waals surface area (Å²) in [5.74, 6) is -1.15. The Labute approximate surface area is 87.8 Å². The number of carbonyl (C=O) groups is 1. The molecule has 0 spiro atoms. The van der Waals surface area contributed by atoms with Crippen molar-refractivity contribution in [1.82, 2.24) is 8.87 Å². The molecular formula is C8H12N2O4S. The third-order valence-corrected chi connectivity index (χ3v) is 3.76. The lowest BCUT2D eigenvalue weighted by molar-refractivity contribution is 0.0686. The lowest BCUT2D eigenvalue weighted by Gasteiger charge is -2.08. The molecule has 0 amide bonds. The van der Waals surface area contributed by atoms with Gasteiger partial charge in [-0.25, -0.2) is 17.5 Å². The largest absolute Gasteiger partial charge is 0.477 e. The Balaban J connectivity index is 3.31. The van der Waals surface area contributed by atoms with Crippen LogP contribution in [0.3, 0.4) is 0 Å². The van der Waals surface area contributed by atoms with Crippen LogP contribution < -0.4 is 0 Å². The fourth-order valence-electron chi connectivity index (χ4n) is 1.10. The Kier molecular flexibility index (Phi) is 2.87. The molecule has 1 aromatic rings. The van der Waals surface area contributed by atoms with E-state index in [2.05, 4.69) is 0 Å². The number of rotatable bonds is 3. The second kappa shape index (κ2) is 3.67. The van der Waals surface area contributed by atoms with Crippen LogP contribution in [0.4, 0.5) is 0 Å². The van der Waals surface area contributed by atoms with Crippen LogP contribution in [0.5, 0.6) is 0 Å². The average molecular weight is 232 g/mol. The normalized spacial score (nSPS) is 12.0. The van der Waals surface area contributed by atoms with Crippen LogP contribution in [0, 0.1) is 0 Å². The lowest BCUT2D eigenvalue weighted by Crippen LogP contribution is -2.21. The molecule has 0 aliphatic rings. The summed E-state index contributed by atoms with van der Waals surface area (Å²) < 4.78 is 25.6. The lowest BCUT2D eigenvalue weighted by atomic mass is 10.4. The maximum absolute atomic E-state index is 11.6. The molecule has 0 saturated carbocycles. The molecule has 0 aliphatic carbocycles. The number of nitrogens with zero attached hydrogens (tertiary/aromatic N) is 2. The highest BCUT2D eigenvalue weighted by Crippen LogP contribution is 2.16. The number of carboxylic acid groups (broad SMARTS) is 1. The van der Waals surface area contributed by atoms with Crippen molar-refractivity contribution in [2.24, 2.45) is 7.05 Å². The van der Waals surface area contributed by atoms with Crippen LogP contribution in [0.2, 0.25) is 0 Å². The predicted molar refractivity (Wildman–Crippen MR) is 53.2 cm³/mol. The van der Waals surface area contributed by atoms with Gasteiger partial charge in [0.15, 0.2) is 0 Å². The van der Waals surface area contributed by atoms with Crippen molar-refractivity contribution >= 4 is 16.0 Å². The second-order valence-electron chi connectivity index (χ2n) is 3.26. The van der Waals surface area contributed by atoms with E-state index in [0.717, 1.165) is 10.4 Å². The van der Waals surface area contributed by atoms with Gasteiger partial charge in [0.25, 0.3) is 0 Å². The first kappa shape index (κ1) is 11.7. The van der Waals surface area contributed by atoms with Crippen molar-refractivity contribution < 1.29 is 18.3 Å². The third-order valence-electron chi connectivity index (χ3n) is 1.98. The second-order valence-corrected chi connectivity index (χ2v) is 5.42. The SMILES string of the molecule is CN(C)S(=O)(=O)c1cc(C(=O)O)n(C)c1. The molecule has 1 N–H and O–H groups in total. The first-order valence-electron chi connectivity index (χ1n) is 4.09. The van der Waals surface area contributed by atoms with Gasteiger partial charge in [0.05, 0.1) is 0 Å². The molecule has 0 bridgehead atoms. The van der Waals surface area contributed by atoms with E-state index in [9.17, 15) is 13.2 Å². The topological polar surface area (TPSA) is 79.6 Å². The summed E-state index contributed by atoms with van der Waals surface area (Å²) in [6.07, 6.45) is 1.28. The number of carboxylic acids is 1. The zero-order valence-electron chi connectivity index (χ0n) is 8.63. The van der Waals surface area contributed by atoms with Crippen molar-refractivity contribution in [3.05, 3.63) is 18.0 Å². The van der Waals surface area contributed by atoms with E-state index >= 15 is 0 Å². The summed E-state index contributed by atoms with van der Waals surface area (Å²) in [7, 11) is 0.705. The quantitative estimate of drug-likeness (QED) is 0.793. The summed E-state index contributed by atoms with van der Waals surface area (Å²) in [4.78, 5) is 10.7. The van der Waals surface area contributed by atoms with E-state index in [1.807, 2.05) is 0 Å². The molecule has 0 atom stereocenters. The van der Waals surface area contributed by atoms with Gasteiger partial charge in [-0.2, -0.15) is 0 Å². The summed E-state index contributed by atoms with van der Waals surface area (Å²) in [6, 6.07) is 1.14. The van der Waals surface area contributed by atoms with Gasteiger partial charge in [0.2, 0.25) is 10.0 Å². The molecule has 1 aromatic heterocycles. The van der Waals surface area contributed by atoms with Gasteiger partial charge in [0, 0.05) is 27.3 Å². The molecule has 0 saturated heterocycles. The minimum Gasteiger partial charge on any atom is -0.477 e. The molecule has 0 aliphatic heterocycles. The molecule has 6 nitrogen and oxygen atoms in total. The Bertz CT molecular complexity index is 487. The molecule has 15 heavy (non-hydrogen) atoms. The summed E-state index contributed by atoms with van der Waals surface area (Å²) in [6.45, 7) is 0. The highest BCUT2D eigenvalue weighted by Gasteiger charge is 2.21. The summed E-state index contributed by atoms with van der Waals surface area (Å²) in [5, 5.41) is 8.75. The number of sulfonamides is 1. The first-order chi connectivity index (χ1) is 6.76. The number of hydrogen-bond acceptors (Lipinski definition) is 3. The average Bonchev–Trinajstić information content (AvgIpc) is 2.47. The molecule has 7 heteroatoms. The number of hydrogen-bond donors (Lipinski definition) is 1. The molecular weight excluding hydrogens is 220 g/mol. The molecule has 0 unspecified atom stereocenters. The smallest absolute Gasteiger partial charge is 0.352 e. The monoisotopic (exact) mass is 232 g/mol.